The molecule has 1 heterocycles. The second kappa shape index (κ2) is 1.84. The molecule has 1 aliphatic rings. The van der Waals surface area contributed by atoms with Crippen LogP contribution >= 0.6 is 0 Å². The zero-order valence-corrected chi connectivity index (χ0v) is 5.42. The minimum Gasteiger partial charge on any atom is -0.361 e. The Balaban J connectivity index is 2.85. The van der Waals surface area contributed by atoms with Crippen molar-refractivity contribution in [1.29, 1.82) is 0 Å². The fourth-order valence-corrected chi connectivity index (χ4v) is 1.13. The molecule has 50 valence electrons. The first-order chi connectivity index (χ1) is 4.86. The van der Waals surface area contributed by atoms with Crippen LogP contribution in [0, 0.1) is 0 Å². The van der Waals surface area contributed by atoms with E-state index in [2.05, 4.69) is 4.98 Å². The number of H-pyrrole nitrogens is 1. The Morgan fingerprint density at radius 2 is 2.40 bits per heavy atom. The topological polar surface area (TPSA) is 32.9 Å². The number of carbonyl (C=O) groups is 1. The molecule has 0 atom stereocenters. The molecule has 2 rings (SSSR count). The van der Waals surface area contributed by atoms with Gasteiger partial charge >= 0.3 is 0 Å². The Kier molecular flexibility index (Phi) is 1.01. The van der Waals surface area contributed by atoms with Gasteiger partial charge in [0.15, 0.2) is 5.78 Å². The van der Waals surface area contributed by atoms with E-state index in [4.69, 9.17) is 0 Å². The van der Waals surface area contributed by atoms with E-state index in [1.54, 1.807) is 6.08 Å². The molecular weight excluding hydrogens is 126 g/mol. The summed E-state index contributed by atoms with van der Waals surface area (Å²) in [5.74, 6) is 0.187. The van der Waals surface area contributed by atoms with Gasteiger partial charge in [-0.15, -0.1) is 0 Å². The lowest BCUT2D eigenvalue weighted by Crippen LogP contribution is -2.26. The molecule has 0 saturated carbocycles. The third kappa shape index (κ3) is 0.692. The number of Topliss-reactive ketones (excluding diaryl/α,β-unsaturated/α-hetero) is 1. The molecule has 0 amide bonds. The lowest BCUT2D eigenvalue weighted by molar-refractivity contribution is -0.112. The lowest BCUT2D eigenvalue weighted by atomic mass is 10.1. The fraction of sp³-hybridized carbons (Fsp3) is 0.125. The average Bonchev–Trinajstić information content (AvgIpc) is 2.33. The summed E-state index contributed by atoms with van der Waals surface area (Å²) < 4.78 is 0. The van der Waals surface area contributed by atoms with Gasteiger partial charge in [0.25, 0.3) is 0 Å². The maximum Gasteiger partial charge on any atom is 0.160 e. The van der Waals surface area contributed by atoms with Crippen LogP contribution < -0.4 is 10.6 Å². The molecule has 0 bridgehead atoms. The van der Waals surface area contributed by atoms with E-state index in [9.17, 15) is 4.79 Å². The molecule has 0 aromatic carbocycles. The zero-order valence-electron chi connectivity index (χ0n) is 5.42. The Labute approximate surface area is 57.9 Å². The smallest absolute Gasteiger partial charge is 0.160 e. The van der Waals surface area contributed by atoms with Crippen LogP contribution in [0.4, 0.5) is 0 Å². The normalized spacial score (nSPS) is 15.4. The summed E-state index contributed by atoms with van der Waals surface area (Å²) in [7, 11) is 0. The Morgan fingerprint density at radius 1 is 1.50 bits per heavy atom. The molecule has 1 aromatic rings. The number of rotatable bonds is 0. The summed E-state index contributed by atoms with van der Waals surface area (Å²) in [6, 6.07) is 1.91. The zero-order chi connectivity index (χ0) is 6.97. The molecule has 2 nitrogen and oxygen atoms in total. The van der Waals surface area contributed by atoms with Crippen molar-refractivity contribution in [3.8, 4) is 0 Å². The maximum absolute atomic E-state index is 10.8. The highest BCUT2D eigenvalue weighted by molar-refractivity contribution is 6.09. The van der Waals surface area contributed by atoms with Crippen molar-refractivity contribution in [2.24, 2.45) is 0 Å². The van der Waals surface area contributed by atoms with Crippen LogP contribution in [0.5, 0.6) is 0 Å². The Hall–Kier alpha value is -1.31. The number of fused-ring (bicyclic) bond motifs is 1. The van der Waals surface area contributed by atoms with Crippen LogP contribution in [0.25, 0.3) is 12.2 Å². The third-order valence-electron chi connectivity index (χ3n) is 1.64. The third-order valence-corrected chi connectivity index (χ3v) is 1.64. The first kappa shape index (κ1) is 5.47. The van der Waals surface area contributed by atoms with E-state index in [0.717, 1.165) is 10.6 Å². The standard InChI is InChI=1S/C8H7NO/c10-7-1-2-8-6(5-7)3-4-9-8/h2-5,9H,1H2. The van der Waals surface area contributed by atoms with Crippen molar-refractivity contribution in [2.75, 3.05) is 0 Å². The van der Waals surface area contributed by atoms with Gasteiger partial charge in [-0.2, -0.15) is 0 Å². The number of ketones is 1. The number of hydrogen-bond acceptors (Lipinski definition) is 1. The van der Waals surface area contributed by atoms with Crippen molar-refractivity contribution in [1.82, 2.24) is 4.98 Å². The predicted octanol–water partition coefficient (Wildman–Crippen LogP) is -0.452. The van der Waals surface area contributed by atoms with Gasteiger partial charge in [0.05, 0.1) is 0 Å². The fourth-order valence-electron chi connectivity index (χ4n) is 1.13. The van der Waals surface area contributed by atoms with Crippen LogP contribution in [0.2, 0.25) is 0 Å². The summed E-state index contributed by atoms with van der Waals surface area (Å²) >= 11 is 0. The second-order valence-corrected chi connectivity index (χ2v) is 2.37. The molecule has 0 fully saturated rings. The van der Waals surface area contributed by atoms with Crippen molar-refractivity contribution < 1.29 is 4.79 Å². The lowest BCUT2D eigenvalue weighted by Gasteiger charge is -1.91. The first-order valence-electron chi connectivity index (χ1n) is 3.24. The van der Waals surface area contributed by atoms with Crippen molar-refractivity contribution in [2.45, 2.75) is 6.42 Å². The van der Waals surface area contributed by atoms with Gasteiger partial charge in [-0.3, -0.25) is 4.79 Å². The van der Waals surface area contributed by atoms with Crippen molar-refractivity contribution in [3.63, 3.8) is 0 Å². The van der Waals surface area contributed by atoms with E-state index < -0.39 is 0 Å². The molecule has 1 aromatic heterocycles. The molecule has 0 saturated heterocycles. The number of hydrogen-bond donors (Lipinski definition) is 1. The SMILES string of the molecule is O=C1C=c2cc[nH]c2=CC1. The number of carbonyl (C=O) groups excluding carboxylic acids is 1. The minimum atomic E-state index is 0.187. The average molecular weight is 133 g/mol. The van der Waals surface area contributed by atoms with Crippen LogP contribution in [0.3, 0.4) is 0 Å². The quantitative estimate of drug-likeness (QED) is 0.510. The van der Waals surface area contributed by atoms with Gasteiger partial charge in [-0.1, -0.05) is 6.08 Å². The first-order valence-corrected chi connectivity index (χ1v) is 3.24. The summed E-state index contributed by atoms with van der Waals surface area (Å²) in [6.45, 7) is 0. The van der Waals surface area contributed by atoms with E-state index in [-0.39, 0.29) is 5.78 Å². The van der Waals surface area contributed by atoms with Crippen molar-refractivity contribution >= 4 is 17.9 Å². The number of aromatic nitrogens is 1. The largest absolute Gasteiger partial charge is 0.361 e. The maximum atomic E-state index is 10.8. The van der Waals surface area contributed by atoms with E-state index >= 15 is 0 Å². The molecule has 1 N–H and O–H groups in total. The van der Waals surface area contributed by atoms with E-state index in [0.29, 0.717) is 6.42 Å². The molecule has 1 aliphatic carbocycles. The summed E-state index contributed by atoms with van der Waals surface area (Å²) in [6.07, 6.45) is 5.97. The van der Waals surface area contributed by atoms with E-state index in [1.165, 1.54) is 0 Å². The monoisotopic (exact) mass is 133 g/mol. The highest BCUT2D eigenvalue weighted by Crippen LogP contribution is 1.88. The van der Waals surface area contributed by atoms with Gasteiger partial charge in [0, 0.05) is 23.2 Å². The summed E-state index contributed by atoms with van der Waals surface area (Å²) in [5.41, 5.74) is 0. The molecule has 2 heteroatoms. The van der Waals surface area contributed by atoms with Crippen LogP contribution in [0.15, 0.2) is 12.3 Å². The highest BCUT2D eigenvalue weighted by atomic mass is 16.1. The van der Waals surface area contributed by atoms with Crippen molar-refractivity contribution in [3.05, 3.63) is 22.8 Å². The van der Waals surface area contributed by atoms with Crippen LogP contribution in [-0.4, -0.2) is 10.8 Å². The predicted molar refractivity (Wildman–Crippen MR) is 38.6 cm³/mol. The molecule has 0 spiro atoms. The van der Waals surface area contributed by atoms with Gasteiger partial charge in [0.1, 0.15) is 0 Å². The molecule has 0 aliphatic heterocycles. The minimum absolute atomic E-state index is 0.187. The number of aromatic amines is 1. The molecule has 0 unspecified atom stereocenters. The van der Waals surface area contributed by atoms with Gasteiger partial charge in [0.2, 0.25) is 0 Å². The molecular formula is C8H7NO. The highest BCUT2D eigenvalue weighted by Gasteiger charge is 1.99. The summed E-state index contributed by atoms with van der Waals surface area (Å²) in [4.78, 5) is 13.9. The van der Waals surface area contributed by atoms with Gasteiger partial charge in [-0.25, -0.2) is 0 Å². The molecule has 10 heavy (non-hydrogen) atoms. The van der Waals surface area contributed by atoms with Gasteiger partial charge < -0.3 is 4.98 Å². The van der Waals surface area contributed by atoms with Crippen LogP contribution in [-0.2, 0) is 4.79 Å². The van der Waals surface area contributed by atoms with Crippen LogP contribution in [0.1, 0.15) is 6.42 Å². The molecule has 0 radical (unpaired) electrons. The summed E-state index contributed by atoms with van der Waals surface area (Å²) in [5, 5.41) is 2.08. The Morgan fingerprint density at radius 3 is 3.30 bits per heavy atom. The number of nitrogens with one attached hydrogen (secondary N) is 1. The second-order valence-electron chi connectivity index (χ2n) is 2.37. The van der Waals surface area contributed by atoms with E-state index in [1.807, 2.05) is 18.3 Å². The van der Waals surface area contributed by atoms with Gasteiger partial charge in [-0.05, 0) is 12.1 Å². The Bertz CT molecular complexity index is 372.